The van der Waals surface area contributed by atoms with Crippen molar-refractivity contribution in [2.24, 2.45) is 5.92 Å². The molecule has 7 heteroatoms. The van der Waals surface area contributed by atoms with Gasteiger partial charge in [0.15, 0.2) is 0 Å². The predicted molar refractivity (Wildman–Crippen MR) is 118 cm³/mol. The Balaban J connectivity index is 1.58. The van der Waals surface area contributed by atoms with Gasteiger partial charge in [0.1, 0.15) is 6.04 Å². The van der Waals surface area contributed by atoms with Crippen molar-refractivity contribution < 1.29 is 19.1 Å². The lowest BCUT2D eigenvalue weighted by molar-refractivity contribution is -0.132. The van der Waals surface area contributed by atoms with Gasteiger partial charge in [-0.1, -0.05) is 49.6 Å². The van der Waals surface area contributed by atoms with Crippen molar-refractivity contribution in [3.8, 4) is 0 Å². The van der Waals surface area contributed by atoms with Gasteiger partial charge >= 0.3 is 6.09 Å². The van der Waals surface area contributed by atoms with Gasteiger partial charge in [0.05, 0.1) is 6.61 Å². The first-order valence-electron chi connectivity index (χ1n) is 11.6. The number of rotatable bonds is 7. The number of carbonyl (C=O) groups excluding carboxylic acids is 3. The molecule has 1 aromatic carbocycles. The number of hydrogen-bond donors (Lipinski definition) is 2. The highest BCUT2D eigenvalue weighted by molar-refractivity contribution is 5.89. The van der Waals surface area contributed by atoms with Crippen LogP contribution in [0.3, 0.4) is 0 Å². The fraction of sp³-hybridized carbons (Fsp3) is 0.625. The number of carbonyl (C=O) groups is 3. The predicted octanol–water partition coefficient (Wildman–Crippen LogP) is 3.03. The molecule has 1 saturated heterocycles. The number of nitrogens with one attached hydrogen (secondary N) is 2. The standard InChI is InChI=1S/C24H35N3O4/c1-2-31-24(30)27-15-13-20(14-16-27)25-23(29)21(17-18-9-5-3-6-10-18)26-22(28)19-11-7-4-8-12-19/h3,5-6,9-10,19-21H,2,4,7-8,11-17H2,1H3,(H,25,29)(H,26,28)/t21-/m1/s1. The normalized spacial score (nSPS) is 18.8. The molecule has 170 valence electrons. The lowest BCUT2D eigenvalue weighted by atomic mass is 9.88. The highest BCUT2D eigenvalue weighted by Crippen LogP contribution is 2.24. The first-order chi connectivity index (χ1) is 15.1. The minimum Gasteiger partial charge on any atom is -0.450 e. The summed E-state index contributed by atoms with van der Waals surface area (Å²) in [6, 6.07) is 9.17. The number of piperidine rings is 1. The summed E-state index contributed by atoms with van der Waals surface area (Å²) in [5.41, 5.74) is 1.02. The van der Waals surface area contributed by atoms with Crippen LogP contribution < -0.4 is 10.6 Å². The lowest BCUT2D eigenvalue weighted by Gasteiger charge is -2.32. The van der Waals surface area contributed by atoms with Gasteiger partial charge in [0, 0.05) is 31.5 Å². The molecule has 1 aliphatic heterocycles. The molecule has 7 nitrogen and oxygen atoms in total. The van der Waals surface area contributed by atoms with Gasteiger partial charge in [-0.25, -0.2) is 4.79 Å². The van der Waals surface area contributed by atoms with E-state index in [9.17, 15) is 14.4 Å². The Hall–Kier alpha value is -2.57. The van der Waals surface area contributed by atoms with Crippen molar-refractivity contribution in [2.75, 3.05) is 19.7 Å². The smallest absolute Gasteiger partial charge is 0.409 e. The Labute approximate surface area is 184 Å². The molecule has 2 fully saturated rings. The van der Waals surface area contributed by atoms with Crippen LogP contribution in [0.25, 0.3) is 0 Å². The molecule has 3 amide bonds. The second kappa shape index (κ2) is 11.7. The maximum atomic E-state index is 13.1. The van der Waals surface area contributed by atoms with E-state index in [-0.39, 0.29) is 29.9 Å². The van der Waals surface area contributed by atoms with Gasteiger partial charge in [-0.3, -0.25) is 9.59 Å². The third kappa shape index (κ3) is 6.97. The molecular formula is C24H35N3O4. The van der Waals surface area contributed by atoms with Crippen LogP contribution >= 0.6 is 0 Å². The minimum absolute atomic E-state index is 0.00656. The number of likely N-dealkylation sites (tertiary alicyclic amines) is 1. The minimum atomic E-state index is -0.597. The first-order valence-corrected chi connectivity index (χ1v) is 11.6. The maximum absolute atomic E-state index is 13.1. The summed E-state index contributed by atoms with van der Waals surface area (Å²) >= 11 is 0. The van der Waals surface area contributed by atoms with Gasteiger partial charge in [-0.2, -0.15) is 0 Å². The molecule has 0 aromatic heterocycles. The van der Waals surface area contributed by atoms with Gasteiger partial charge < -0.3 is 20.3 Å². The van der Waals surface area contributed by atoms with Crippen molar-refractivity contribution in [3.63, 3.8) is 0 Å². The van der Waals surface area contributed by atoms with E-state index < -0.39 is 6.04 Å². The zero-order valence-electron chi connectivity index (χ0n) is 18.5. The average molecular weight is 430 g/mol. The van der Waals surface area contributed by atoms with E-state index in [2.05, 4.69) is 10.6 Å². The quantitative estimate of drug-likeness (QED) is 0.697. The van der Waals surface area contributed by atoms with Crippen LogP contribution in [0.4, 0.5) is 4.79 Å². The molecule has 1 atom stereocenters. The molecule has 0 spiro atoms. The third-order valence-corrected chi connectivity index (χ3v) is 6.26. The maximum Gasteiger partial charge on any atom is 0.409 e. The molecule has 1 aromatic rings. The number of ether oxygens (including phenoxy) is 1. The summed E-state index contributed by atoms with van der Waals surface area (Å²) in [7, 11) is 0. The molecule has 3 rings (SSSR count). The Bertz CT molecular complexity index is 726. The summed E-state index contributed by atoms with van der Waals surface area (Å²) < 4.78 is 5.06. The van der Waals surface area contributed by atoms with E-state index in [0.29, 0.717) is 39.0 Å². The highest BCUT2D eigenvalue weighted by Gasteiger charge is 2.30. The van der Waals surface area contributed by atoms with Gasteiger partial charge in [-0.05, 0) is 38.2 Å². The zero-order valence-corrected chi connectivity index (χ0v) is 18.5. The Morgan fingerprint density at radius 2 is 1.71 bits per heavy atom. The van der Waals surface area contributed by atoms with Gasteiger partial charge in [0.2, 0.25) is 11.8 Å². The second-order valence-electron chi connectivity index (χ2n) is 8.55. The van der Waals surface area contributed by atoms with E-state index in [1.165, 1.54) is 6.42 Å². The molecule has 2 N–H and O–H groups in total. The number of nitrogens with zero attached hydrogens (tertiary/aromatic N) is 1. The summed E-state index contributed by atoms with van der Waals surface area (Å²) in [4.78, 5) is 39.5. The Morgan fingerprint density at radius 1 is 1.03 bits per heavy atom. The lowest BCUT2D eigenvalue weighted by Crippen LogP contribution is -2.54. The molecule has 0 unspecified atom stereocenters. The first kappa shape index (κ1) is 23.1. The van der Waals surface area contributed by atoms with E-state index >= 15 is 0 Å². The van der Waals surface area contributed by atoms with Crippen molar-refractivity contribution in [1.29, 1.82) is 0 Å². The molecule has 2 aliphatic rings. The van der Waals surface area contributed by atoms with Gasteiger partial charge in [-0.15, -0.1) is 0 Å². The zero-order chi connectivity index (χ0) is 22.1. The van der Waals surface area contributed by atoms with Crippen LogP contribution in [0.1, 0.15) is 57.4 Å². The SMILES string of the molecule is CCOC(=O)N1CCC(NC(=O)[C@@H](Cc2ccccc2)NC(=O)C2CCCCC2)CC1. The molecular weight excluding hydrogens is 394 g/mol. The summed E-state index contributed by atoms with van der Waals surface area (Å²) in [6.45, 7) is 3.26. The van der Waals surface area contributed by atoms with Crippen LogP contribution in [0, 0.1) is 5.92 Å². The van der Waals surface area contributed by atoms with Crippen LogP contribution in [0.2, 0.25) is 0 Å². The Morgan fingerprint density at radius 3 is 2.35 bits per heavy atom. The molecule has 1 heterocycles. The van der Waals surface area contributed by atoms with Crippen LogP contribution in [-0.2, 0) is 20.7 Å². The van der Waals surface area contributed by atoms with Crippen molar-refractivity contribution in [1.82, 2.24) is 15.5 Å². The van der Waals surface area contributed by atoms with Crippen molar-refractivity contribution in [2.45, 2.75) is 70.4 Å². The molecule has 31 heavy (non-hydrogen) atoms. The largest absolute Gasteiger partial charge is 0.450 e. The molecule has 1 aliphatic carbocycles. The third-order valence-electron chi connectivity index (χ3n) is 6.26. The number of benzene rings is 1. The fourth-order valence-corrected chi connectivity index (χ4v) is 4.44. The highest BCUT2D eigenvalue weighted by atomic mass is 16.6. The monoisotopic (exact) mass is 429 g/mol. The fourth-order valence-electron chi connectivity index (χ4n) is 4.44. The van der Waals surface area contributed by atoms with Crippen LogP contribution in [0.5, 0.6) is 0 Å². The summed E-state index contributed by atoms with van der Waals surface area (Å²) in [6.07, 6.45) is 6.66. The Kier molecular flexibility index (Phi) is 8.74. The second-order valence-corrected chi connectivity index (χ2v) is 8.55. The van der Waals surface area contributed by atoms with E-state index in [1.54, 1.807) is 11.8 Å². The van der Waals surface area contributed by atoms with Crippen LogP contribution in [-0.4, -0.2) is 54.6 Å². The van der Waals surface area contributed by atoms with E-state index in [0.717, 1.165) is 31.2 Å². The molecule has 0 radical (unpaired) electrons. The summed E-state index contributed by atoms with van der Waals surface area (Å²) in [5.74, 6) is -0.150. The van der Waals surface area contributed by atoms with E-state index in [4.69, 9.17) is 4.74 Å². The molecule has 1 saturated carbocycles. The van der Waals surface area contributed by atoms with Crippen LogP contribution in [0.15, 0.2) is 30.3 Å². The van der Waals surface area contributed by atoms with Gasteiger partial charge in [0.25, 0.3) is 0 Å². The summed E-state index contributed by atoms with van der Waals surface area (Å²) in [5, 5.41) is 6.14. The van der Waals surface area contributed by atoms with E-state index in [1.807, 2.05) is 30.3 Å². The van der Waals surface area contributed by atoms with Crippen molar-refractivity contribution in [3.05, 3.63) is 35.9 Å². The average Bonchev–Trinajstić information content (AvgIpc) is 2.80. The number of amides is 3. The topological polar surface area (TPSA) is 87.7 Å². The molecule has 0 bridgehead atoms. The number of hydrogen-bond acceptors (Lipinski definition) is 4. The van der Waals surface area contributed by atoms with Crippen molar-refractivity contribution >= 4 is 17.9 Å².